The van der Waals surface area contributed by atoms with E-state index in [2.05, 4.69) is 57.4 Å². The number of hydrogen-bond donors (Lipinski definition) is 1. The van der Waals surface area contributed by atoms with Gasteiger partial charge in [0.05, 0.1) is 5.52 Å². The lowest BCUT2D eigenvalue weighted by Crippen LogP contribution is -2.57. The van der Waals surface area contributed by atoms with Crippen molar-refractivity contribution in [3.8, 4) is 11.4 Å². The Balaban J connectivity index is 1.59. The van der Waals surface area contributed by atoms with E-state index in [4.69, 9.17) is 4.98 Å². The van der Waals surface area contributed by atoms with Gasteiger partial charge in [-0.2, -0.15) is 0 Å². The summed E-state index contributed by atoms with van der Waals surface area (Å²) >= 11 is 0. The number of anilines is 1. The van der Waals surface area contributed by atoms with Crippen molar-refractivity contribution in [2.45, 2.75) is 19.9 Å². The first-order valence-corrected chi connectivity index (χ1v) is 11.2. The molecule has 2 amide bonds. The molecule has 1 aliphatic rings. The summed E-state index contributed by atoms with van der Waals surface area (Å²) in [6, 6.07) is 16.2. The van der Waals surface area contributed by atoms with Gasteiger partial charge < -0.3 is 15.1 Å². The first-order chi connectivity index (χ1) is 16.1. The summed E-state index contributed by atoms with van der Waals surface area (Å²) in [6.07, 6.45) is 1.69. The predicted octanol–water partition coefficient (Wildman–Crippen LogP) is 3.66. The Morgan fingerprint density at radius 3 is 2.82 bits per heavy atom. The van der Waals surface area contributed by atoms with Gasteiger partial charge in [0.1, 0.15) is 0 Å². The van der Waals surface area contributed by atoms with Crippen LogP contribution in [0.25, 0.3) is 27.9 Å². The van der Waals surface area contributed by atoms with Crippen molar-refractivity contribution in [2.75, 3.05) is 31.1 Å². The molecule has 168 valence electrons. The third-order valence-electron chi connectivity index (χ3n) is 6.07. The fourth-order valence-electron chi connectivity index (χ4n) is 4.45. The molecular weight excluding hydrogens is 414 g/mol. The van der Waals surface area contributed by atoms with Crippen molar-refractivity contribution >= 4 is 28.5 Å². The standard InChI is InChI=1S/C25H27N7O/c1-4-12-26-25(33)31-14-13-30(16-18(31)3)24-27-21-11-6-5-10-20(21)23-29-28-22(32(23)24)19-9-7-8-17(2)15-19/h4-11,15,18H,1,12-14,16H2,2-3H3,(H,26,33)/t18-/m0/s1. The van der Waals surface area contributed by atoms with E-state index in [0.29, 0.717) is 26.2 Å². The number of aryl methyl sites for hydroxylation is 1. The van der Waals surface area contributed by atoms with Gasteiger partial charge in [0.15, 0.2) is 11.5 Å². The van der Waals surface area contributed by atoms with Crippen molar-refractivity contribution < 1.29 is 4.79 Å². The molecule has 2 aromatic heterocycles. The summed E-state index contributed by atoms with van der Waals surface area (Å²) in [5.41, 5.74) is 3.82. The Hall–Kier alpha value is -3.94. The lowest BCUT2D eigenvalue weighted by atomic mass is 10.1. The number of rotatable bonds is 4. The summed E-state index contributed by atoms with van der Waals surface area (Å²) in [6.45, 7) is 10.2. The summed E-state index contributed by atoms with van der Waals surface area (Å²) in [5.74, 6) is 1.56. The van der Waals surface area contributed by atoms with Crippen molar-refractivity contribution in [3.63, 3.8) is 0 Å². The highest BCUT2D eigenvalue weighted by Crippen LogP contribution is 2.29. The molecule has 0 unspecified atom stereocenters. The summed E-state index contributed by atoms with van der Waals surface area (Å²) < 4.78 is 2.05. The van der Waals surface area contributed by atoms with Crippen molar-refractivity contribution in [2.24, 2.45) is 0 Å². The molecule has 8 heteroatoms. The molecule has 8 nitrogen and oxygen atoms in total. The maximum Gasteiger partial charge on any atom is 0.318 e. The van der Waals surface area contributed by atoms with Crippen LogP contribution < -0.4 is 10.2 Å². The SMILES string of the molecule is C=CCNC(=O)N1CCN(c2nc3ccccc3c3nnc(-c4cccc(C)c4)n23)C[C@@H]1C. The van der Waals surface area contributed by atoms with Crippen LogP contribution >= 0.6 is 0 Å². The second-order valence-electron chi connectivity index (χ2n) is 8.44. The number of nitrogens with one attached hydrogen (secondary N) is 1. The average molecular weight is 442 g/mol. The number of nitrogens with zero attached hydrogens (tertiary/aromatic N) is 6. The van der Waals surface area contributed by atoms with E-state index in [1.165, 1.54) is 0 Å². The number of hydrogen-bond acceptors (Lipinski definition) is 5. The zero-order valence-electron chi connectivity index (χ0n) is 18.9. The van der Waals surface area contributed by atoms with E-state index < -0.39 is 0 Å². The molecule has 2 aromatic carbocycles. The van der Waals surface area contributed by atoms with Gasteiger partial charge in [-0.15, -0.1) is 16.8 Å². The second-order valence-corrected chi connectivity index (χ2v) is 8.44. The highest BCUT2D eigenvalue weighted by molar-refractivity contribution is 5.93. The molecule has 1 saturated heterocycles. The summed E-state index contributed by atoms with van der Waals surface area (Å²) in [7, 11) is 0. The van der Waals surface area contributed by atoms with E-state index >= 15 is 0 Å². The maximum absolute atomic E-state index is 12.5. The normalized spacial score (nSPS) is 16.4. The van der Waals surface area contributed by atoms with E-state index in [1.54, 1.807) is 6.08 Å². The number of carbonyl (C=O) groups excluding carboxylic acids is 1. The minimum Gasteiger partial charge on any atom is -0.338 e. The highest BCUT2D eigenvalue weighted by Gasteiger charge is 2.30. The molecule has 5 rings (SSSR count). The summed E-state index contributed by atoms with van der Waals surface area (Å²) in [5, 5.41) is 13.0. The average Bonchev–Trinajstić information content (AvgIpc) is 3.27. The van der Waals surface area contributed by atoms with Crippen LogP contribution in [0.1, 0.15) is 12.5 Å². The first-order valence-electron chi connectivity index (χ1n) is 11.2. The zero-order valence-corrected chi connectivity index (χ0v) is 18.9. The molecule has 3 heterocycles. The molecule has 0 bridgehead atoms. The number of benzene rings is 2. The molecular formula is C25H27N7O. The van der Waals surface area contributed by atoms with Crippen LogP contribution in [-0.2, 0) is 0 Å². The molecule has 1 aliphatic heterocycles. The fourth-order valence-corrected chi connectivity index (χ4v) is 4.45. The van der Waals surface area contributed by atoms with E-state index in [1.807, 2.05) is 41.3 Å². The molecule has 4 aromatic rings. The highest BCUT2D eigenvalue weighted by atomic mass is 16.2. The Kier molecular flexibility index (Phi) is 5.42. The number of amides is 2. The fraction of sp³-hybridized carbons (Fsp3) is 0.280. The van der Waals surface area contributed by atoms with Crippen LogP contribution in [-0.4, -0.2) is 62.7 Å². The second kappa shape index (κ2) is 8.54. The lowest BCUT2D eigenvalue weighted by molar-refractivity contribution is 0.172. The van der Waals surface area contributed by atoms with Gasteiger partial charge in [0.25, 0.3) is 0 Å². The van der Waals surface area contributed by atoms with Crippen molar-refractivity contribution in [1.82, 2.24) is 29.8 Å². The van der Waals surface area contributed by atoms with Gasteiger partial charge in [-0.1, -0.05) is 42.0 Å². The number of piperazine rings is 1. The van der Waals surface area contributed by atoms with Gasteiger partial charge in [0.2, 0.25) is 5.95 Å². The Bertz CT molecular complexity index is 1350. The number of carbonyl (C=O) groups is 1. The van der Waals surface area contributed by atoms with Crippen molar-refractivity contribution in [3.05, 3.63) is 66.7 Å². The zero-order chi connectivity index (χ0) is 22.9. The molecule has 1 atom stereocenters. The van der Waals surface area contributed by atoms with Crippen LogP contribution in [0.15, 0.2) is 61.2 Å². The minimum absolute atomic E-state index is 0.0192. The largest absolute Gasteiger partial charge is 0.338 e. The quantitative estimate of drug-likeness (QED) is 0.489. The predicted molar refractivity (Wildman–Crippen MR) is 130 cm³/mol. The number of fused-ring (bicyclic) bond motifs is 3. The lowest BCUT2D eigenvalue weighted by Gasteiger charge is -2.40. The van der Waals surface area contributed by atoms with Crippen LogP contribution in [0.3, 0.4) is 0 Å². The minimum atomic E-state index is -0.0663. The number of urea groups is 1. The summed E-state index contributed by atoms with van der Waals surface area (Å²) in [4.78, 5) is 21.7. The van der Waals surface area contributed by atoms with E-state index in [9.17, 15) is 4.79 Å². The Morgan fingerprint density at radius 1 is 1.18 bits per heavy atom. The van der Waals surface area contributed by atoms with Crippen LogP contribution in [0.4, 0.5) is 10.7 Å². The van der Waals surface area contributed by atoms with Gasteiger partial charge in [-0.3, -0.25) is 0 Å². The third kappa shape index (κ3) is 3.77. The molecule has 33 heavy (non-hydrogen) atoms. The molecule has 1 fully saturated rings. The van der Waals surface area contributed by atoms with Gasteiger partial charge in [-0.05, 0) is 32.0 Å². The smallest absolute Gasteiger partial charge is 0.318 e. The monoisotopic (exact) mass is 441 g/mol. The van der Waals surface area contributed by atoms with Crippen LogP contribution in [0.2, 0.25) is 0 Å². The molecule has 0 aliphatic carbocycles. The van der Waals surface area contributed by atoms with Crippen molar-refractivity contribution in [1.29, 1.82) is 0 Å². The maximum atomic E-state index is 12.5. The van der Waals surface area contributed by atoms with Gasteiger partial charge >= 0.3 is 6.03 Å². The third-order valence-corrected chi connectivity index (χ3v) is 6.07. The molecule has 0 saturated carbocycles. The van der Waals surface area contributed by atoms with Crippen LogP contribution in [0.5, 0.6) is 0 Å². The number of aromatic nitrogens is 4. The first kappa shape index (κ1) is 20.9. The molecule has 0 radical (unpaired) electrons. The topological polar surface area (TPSA) is 78.7 Å². The Labute approximate surface area is 192 Å². The molecule has 0 spiro atoms. The van der Waals surface area contributed by atoms with Gasteiger partial charge in [-0.25, -0.2) is 14.2 Å². The van der Waals surface area contributed by atoms with E-state index in [-0.39, 0.29) is 12.1 Å². The van der Waals surface area contributed by atoms with Crippen LogP contribution in [0, 0.1) is 6.92 Å². The van der Waals surface area contributed by atoms with Gasteiger partial charge in [0, 0.05) is 43.2 Å². The Morgan fingerprint density at radius 2 is 2.03 bits per heavy atom. The van der Waals surface area contributed by atoms with E-state index in [0.717, 1.165) is 39.4 Å². The number of para-hydroxylation sites is 1. The molecule has 1 N–H and O–H groups in total.